The first-order valence-electron chi connectivity index (χ1n) is 7.18. The third-order valence-electron chi connectivity index (χ3n) is 3.93. The molecular formula is C15H20FNO3. The van der Waals surface area contributed by atoms with Crippen molar-refractivity contribution in [2.45, 2.75) is 25.2 Å². The minimum atomic E-state index is -0.370. The van der Waals surface area contributed by atoms with Crippen LogP contribution in [0.15, 0.2) is 6.07 Å². The molecule has 5 heteroatoms. The fourth-order valence-corrected chi connectivity index (χ4v) is 2.97. The lowest BCUT2D eigenvalue weighted by molar-refractivity contribution is 0.293. The van der Waals surface area contributed by atoms with Crippen molar-refractivity contribution in [1.82, 2.24) is 5.32 Å². The van der Waals surface area contributed by atoms with Crippen molar-refractivity contribution in [3.8, 4) is 17.2 Å². The van der Waals surface area contributed by atoms with Crippen LogP contribution in [-0.2, 0) is 0 Å². The number of fused-ring (bicyclic) bond motifs is 1. The highest BCUT2D eigenvalue weighted by atomic mass is 19.1. The van der Waals surface area contributed by atoms with Crippen LogP contribution >= 0.6 is 0 Å². The largest absolute Gasteiger partial charge is 0.493 e. The molecule has 0 unspecified atom stereocenters. The van der Waals surface area contributed by atoms with E-state index in [4.69, 9.17) is 14.2 Å². The van der Waals surface area contributed by atoms with Gasteiger partial charge in [-0.25, -0.2) is 4.39 Å². The molecule has 1 aromatic rings. The maximum Gasteiger partial charge on any atom is 0.169 e. The van der Waals surface area contributed by atoms with Gasteiger partial charge in [0.15, 0.2) is 23.1 Å². The Labute approximate surface area is 118 Å². The lowest BCUT2D eigenvalue weighted by Gasteiger charge is -2.27. The molecule has 0 aromatic heterocycles. The van der Waals surface area contributed by atoms with Crippen molar-refractivity contribution in [2.75, 3.05) is 33.4 Å². The molecule has 0 amide bonds. The smallest absolute Gasteiger partial charge is 0.169 e. The van der Waals surface area contributed by atoms with E-state index in [-0.39, 0.29) is 11.7 Å². The Balaban J connectivity index is 2.09. The molecule has 1 saturated heterocycles. The molecule has 0 bridgehead atoms. The molecule has 0 spiro atoms. The number of methoxy groups -OCH3 is 1. The van der Waals surface area contributed by atoms with E-state index in [1.54, 1.807) is 0 Å². The fourth-order valence-electron chi connectivity index (χ4n) is 2.97. The number of benzene rings is 1. The van der Waals surface area contributed by atoms with E-state index in [0.717, 1.165) is 37.9 Å². The zero-order chi connectivity index (χ0) is 13.9. The molecule has 2 aliphatic rings. The molecule has 2 aliphatic heterocycles. The summed E-state index contributed by atoms with van der Waals surface area (Å²) in [4.78, 5) is 0. The topological polar surface area (TPSA) is 39.7 Å². The maximum absolute atomic E-state index is 14.2. The van der Waals surface area contributed by atoms with Gasteiger partial charge in [0.05, 0.1) is 20.3 Å². The van der Waals surface area contributed by atoms with Crippen molar-refractivity contribution in [2.24, 2.45) is 0 Å². The first kappa shape index (κ1) is 13.5. The van der Waals surface area contributed by atoms with Gasteiger partial charge in [0.1, 0.15) is 0 Å². The quantitative estimate of drug-likeness (QED) is 0.904. The van der Waals surface area contributed by atoms with Crippen molar-refractivity contribution in [3.05, 3.63) is 17.4 Å². The predicted molar refractivity (Wildman–Crippen MR) is 73.4 cm³/mol. The monoisotopic (exact) mass is 281 g/mol. The summed E-state index contributed by atoms with van der Waals surface area (Å²) >= 11 is 0. The summed E-state index contributed by atoms with van der Waals surface area (Å²) < 4.78 is 31.0. The Kier molecular flexibility index (Phi) is 3.96. The Morgan fingerprint density at radius 1 is 1.25 bits per heavy atom. The summed E-state index contributed by atoms with van der Waals surface area (Å²) in [6.45, 7) is 3.02. The van der Waals surface area contributed by atoms with E-state index in [2.05, 4.69) is 5.32 Å². The third-order valence-corrected chi connectivity index (χ3v) is 3.93. The van der Waals surface area contributed by atoms with Crippen LogP contribution < -0.4 is 19.5 Å². The Morgan fingerprint density at radius 2 is 2.00 bits per heavy atom. The minimum absolute atomic E-state index is 0.248. The molecule has 0 aliphatic carbocycles. The number of halogens is 1. The highest BCUT2D eigenvalue weighted by Gasteiger charge is 2.29. The first-order valence-corrected chi connectivity index (χ1v) is 7.18. The number of piperidine rings is 1. The molecule has 1 aromatic carbocycles. The van der Waals surface area contributed by atoms with Crippen LogP contribution in [0.4, 0.5) is 4.39 Å². The van der Waals surface area contributed by atoms with Gasteiger partial charge in [0.2, 0.25) is 0 Å². The molecule has 110 valence electrons. The van der Waals surface area contributed by atoms with Crippen LogP contribution in [0.1, 0.15) is 30.7 Å². The summed E-state index contributed by atoms with van der Waals surface area (Å²) in [5.41, 5.74) is 0.839. The number of hydrogen-bond acceptors (Lipinski definition) is 4. The molecule has 1 fully saturated rings. The fraction of sp³-hybridized carbons (Fsp3) is 0.600. The molecule has 3 rings (SSSR count). The number of ether oxygens (including phenoxy) is 3. The van der Waals surface area contributed by atoms with Gasteiger partial charge in [-0.2, -0.15) is 0 Å². The van der Waals surface area contributed by atoms with Gasteiger partial charge < -0.3 is 19.5 Å². The Hall–Kier alpha value is -1.49. The second kappa shape index (κ2) is 5.87. The van der Waals surface area contributed by atoms with Crippen LogP contribution in [0, 0.1) is 5.82 Å². The number of rotatable bonds is 2. The number of hydrogen-bond donors (Lipinski definition) is 1. The normalized spacial score (nSPS) is 19.5. The predicted octanol–water partition coefficient (Wildman–Crippen LogP) is 2.46. The molecular weight excluding hydrogens is 261 g/mol. The van der Waals surface area contributed by atoms with Gasteiger partial charge in [-0.3, -0.25) is 0 Å². The Bertz CT molecular complexity index is 486. The van der Waals surface area contributed by atoms with E-state index in [0.29, 0.717) is 30.5 Å². The van der Waals surface area contributed by atoms with Crippen molar-refractivity contribution >= 4 is 0 Å². The highest BCUT2D eigenvalue weighted by molar-refractivity contribution is 5.56. The molecule has 0 atom stereocenters. The molecule has 4 nitrogen and oxygen atoms in total. The van der Waals surface area contributed by atoms with Crippen LogP contribution in [0.5, 0.6) is 17.2 Å². The second-order valence-electron chi connectivity index (χ2n) is 5.21. The summed E-state index contributed by atoms with van der Waals surface area (Å²) in [5, 5.41) is 3.32. The van der Waals surface area contributed by atoms with Crippen LogP contribution in [0.3, 0.4) is 0 Å². The van der Waals surface area contributed by atoms with Gasteiger partial charge in [-0.15, -0.1) is 0 Å². The van der Waals surface area contributed by atoms with Crippen LogP contribution in [0.2, 0.25) is 0 Å². The summed E-state index contributed by atoms with van der Waals surface area (Å²) in [7, 11) is 1.51. The maximum atomic E-state index is 14.2. The standard InChI is InChI=1S/C15H20FNO3/c1-18-14-11(16)9-12-15(20-8-2-7-19-12)13(14)10-3-5-17-6-4-10/h9-10,17H,2-8H2,1H3. The van der Waals surface area contributed by atoms with Crippen molar-refractivity contribution < 1.29 is 18.6 Å². The molecule has 1 N–H and O–H groups in total. The summed E-state index contributed by atoms with van der Waals surface area (Å²) in [6, 6.07) is 1.38. The van der Waals surface area contributed by atoms with E-state index < -0.39 is 0 Å². The van der Waals surface area contributed by atoms with Gasteiger partial charge in [0, 0.05) is 18.1 Å². The zero-order valence-electron chi connectivity index (χ0n) is 11.7. The highest BCUT2D eigenvalue weighted by Crippen LogP contribution is 2.47. The first-order chi connectivity index (χ1) is 9.81. The Morgan fingerprint density at radius 3 is 2.75 bits per heavy atom. The van der Waals surface area contributed by atoms with Gasteiger partial charge >= 0.3 is 0 Å². The molecule has 0 saturated carbocycles. The third kappa shape index (κ3) is 2.42. The molecule has 20 heavy (non-hydrogen) atoms. The van der Waals surface area contributed by atoms with Gasteiger partial charge in [-0.05, 0) is 31.8 Å². The lowest BCUT2D eigenvalue weighted by atomic mass is 9.88. The van der Waals surface area contributed by atoms with Gasteiger partial charge in [-0.1, -0.05) is 0 Å². The van der Waals surface area contributed by atoms with E-state index in [9.17, 15) is 4.39 Å². The lowest BCUT2D eigenvalue weighted by Crippen LogP contribution is -2.27. The van der Waals surface area contributed by atoms with Crippen molar-refractivity contribution in [3.63, 3.8) is 0 Å². The summed E-state index contributed by atoms with van der Waals surface area (Å²) in [6.07, 6.45) is 2.72. The average molecular weight is 281 g/mol. The van der Waals surface area contributed by atoms with Crippen LogP contribution in [0.25, 0.3) is 0 Å². The van der Waals surface area contributed by atoms with E-state index >= 15 is 0 Å². The van der Waals surface area contributed by atoms with E-state index in [1.165, 1.54) is 13.2 Å². The number of nitrogens with one attached hydrogen (secondary N) is 1. The van der Waals surface area contributed by atoms with Gasteiger partial charge in [0.25, 0.3) is 0 Å². The SMILES string of the molecule is COc1c(F)cc2c(c1C1CCNCC1)OCCCO2. The average Bonchev–Trinajstić information content (AvgIpc) is 2.71. The minimum Gasteiger partial charge on any atom is -0.493 e. The van der Waals surface area contributed by atoms with E-state index in [1.807, 2.05) is 0 Å². The zero-order valence-corrected chi connectivity index (χ0v) is 11.7. The molecule has 2 heterocycles. The van der Waals surface area contributed by atoms with Crippen LogP contribution in [-0.4, -0.2) is 33.4 Å². The van der Waals surface area contributed by atoms with Crippen molar-refractivity contribution in [1.29, 1.82) is 0 Å². The molecule has 0 radical (unpaired) electrons. The summed E-state index contributed by atoms with van der Waals surface area (Å²) in [5.74, 6) is 1.37. The second-order valence-corrected chi connectivity index (χ2v) is 5.21.